The summed E-state index contributed by atoms with van der Waals surface area (Å²) in [5.41, 5.74) is 1.04. The second kappa shape index (κ2) is 7.35. The molecule has 0 aromatic carbocycles. The van der Waals surface area contributed by atoms with Crippen molar-refractivity contribution in [2.24, 2.45) is 0 Å². The molecule has 0 amide bonds. The smallest absolute Gasteiger partial charge is 0.302 e. The Morgan fingerprint density at radius 1 is 0.955 bits per heavy atom. The summed E-state index contributed by atoms with van der Waals surface area (Å²) in [4.78, 5) is 48.1. The second-order valence-corrected chi connectivity index (χ2v) is 8.30. The third-order valence-corrected chi connectivity index (χ3v) is 5.67. The first-order valence-corrected chi connectivity index (χ1v) is 10.4. The second-order valence-electron chi connectivity index (χ2n) is 3.35. The maximum atomic E-state index is 10.4. The topological polar surface area (TPSA) is 197 Å². The molecule has 0 saturated carbocycles. The molecule has 2 heterocycles. The van der Waals surface area contributed by atoms with E-state index in [2.05, 4.69) is 18.6 Å². The van der Waals surface area contributed by atoms with Crippen molar-refractivity contribution in [2.45, 2.75) is 0 Å². The quantitative estimate of drug-likeness (QED) is 0.462. The fraction of sp³-hybridized carbons (Fsp3) is 0. The third-order valence-electron chi connectivity index (χ3n) is 1.57. The van der Waals surface area contributed by atoms with Gasteiger partial charge in [0.05, 0.1) is 5.52 Å². The minimum atomic E-state index is -5.46. The van der Waals surface area contributed by atoms with E-state index in [1.165, 1.54) is 0 Å². The lowest BCUT2D eigenvalue weighted by Crippen LogP contribution is -1.91. The average molecular weight is 394 g/mol. The van der Waals surface area contributed by atoms with Crippen LogP contribution in [0, 0.1) is 0 Å². The third kappa shape index (κ3) is 8.18. The van der Waals surface area contributed by atoms with Gasteiger partial charge in [-0.2, -0.15) is 8.62 Å². The van der Waals surface area contributed by atoms with Crippen LogP contribution in [0.3, 0.4) is 0 Å². The van der Waals surface area contributed by atoms with Crippen LogP contribution in [0.2, 0.25) is 0 Å². The molecule has 0 aliphatic rings. The standard InChI is InChI=1S/C6H4N2S.H5O10P3/c1-5-2-9-3-6(5)8-4-7-1;1-11(2,3)9-13(7,8)10-12(4,5)6/h1-4H;(H,7,8)(H2,1,2,3)(H2,4,5,6). The Bertz CT molecular complexity index is 709. The summed E-state index contributed by atoms with van der Waals surface area (Å²) in [5.74, 6) is 0. The zero-order valence-electron chi connectivity index (χ0n) is 10.2. The molecular formula is C6H9N2O10P3S. The van der Waals surface area contributed by atoms with Crippen molar-refractivity contribution in [2.75, 3.05) is 0 Å². The highest BCUT2D eigenvalue weighted by atomic mass is 32.1. The van der Waals surface area contributed by atoms with Crippen LogP contribution in [0.15, 0.2) is 23.3 Å². The Hall–Kier alpha value is -0.550. The fourth-order valence-corrected chi connectivity index (χ4v) is 4.25. The SMILES string of the molecule is O=P(O)(O)OP(=O)(O)OP(=O)(O)O.c1ncc2cscc2n1. The van der Waals surface area contributed by atoms with Gasteiger partial charge in [0.1, 0.15) is 6.33 Å². The first kappa shape index (κ1) is 19.5. The largest absolute Gasteiger partial charge is 0.490 e. The maximum absolute atomic E-state index is 10.4. The van der Waals surface area contributed by atoms with E-state index in [-0.39, 0.29) is 0 Å². The highest BCUT2D eigenvalue weighted by Gasteiger charge is 2.38. The van der Waals surface area contributed by atoms with E-state index in [1.807, 2.05) is 17.0 Å². The van der Waals surface area contributed by atoms with Gasteiger partial charge in [-0.15, -0.1) is 11.3 Å². The lowest BCUT2D eigenvalue weighted by Gasteiger charge is -2.11. The minimum absolute atomic E-state index is 1.04. The van der Waals surface area contributed by atoms with E-state index in [0.717, 1.165) is 10.9 Å². The molecule has 0 unspecified atom stereocenters. The van der Waals surface area contributed by atoms with Gasteiger partial charge in [-0.1, -0.05) is 0 Å². The maximum Gasteiger partial charge on any atom is 0.490 e. The molecule has 124 valence electrons. The molecule has 0 spiro atoms. The molecule has 0 saturated heterocycles. The summed E-state index contributed by atoms with van der Waals surface area (Å²) in [6.07, 6.45) is 3.38. The number of phosphoric acid groups is 3. The molecule has 2 aromatic heterocycles. The van der Waals surface area contributed by atoms with E-state index >= 15 is 0 Å². The van der Waals surface area contributed by atoms with Crippen molar-refractivity contribution in [3.8, 4) is 0 Å². The summed E-state index contributed by atoms with van der Waals surface area (Å²) < 4.78 is 36.4. The first-order chi connectivity index (χ1) is 9.88. The predicted molar refractivity (Wildman–Crippen MR) is 73.5 cm³/mol. The highest BCUT2D eigenvalue weighted by Crippen LogP contribution is 2.64. The van der Waals surface area contributed by atoms with Crippen LogP contribution in [0.1, 0.15) is 0 Å². The summed E-state index contributed by atoms with van der Waals surface area (Å²) in [6, 6.07) is 0. The number of hydrogen-bond donors (Lipinski definition) is 5. The number of thiophene rings is 1. The van der Waals surface area contributed by atoms with Gasteiger partial charge < -0.3 is 24.5 Å². The first-order valence-electron chi connectivity index (χ1n) is 4.86. The number of aromatic nitrogens is 2. The fourth-order valence-electron chi connectivity index (χ4n) is 0.995. The Morgan fingerprint density at radius 2 is 1.50 bits per heavy atom. The zero-order chi connectivity index (χ0) is 17.0. The monoisotopic (exact) mass is 394 g/mol. The van der Waals surface area contributed by atoms with E-state index in [0.29, 0.717) is 0 Å². The van der Waals surface area contributed by atoms with Crippen molar-refractivity contribution in [3.05, 3.63) is 23.3 Å². The Balaban J connectivity index is 0.000000231. The molecule has 2 aromatic rings. The zero-order valence-corrected chi connectivity index (χ0v) is 13.7. The molecule has 0 aliphatic carbocycles. The van der Waals surface area contributed by atoms with Crippen molar-refractivity contribution < 1.29 is 46.8 Å². The van der Waals surface area contributed by atoms with Gasteiger partial charge in [0.15, 0.2) is 0 Å². The molecule has 22 heavy (non-hydrogen) atoms. The molecule has 12 nitrogen and oxygen atoms in total. The van der Waals surface area contributed by atoms with Crippen LogP contribution in [0.4, 0.5) is 0 Å². The normalized spacial score (nSPS) is 12.8. The summed E-state index contributed by atoms with van der Waals surface area (Å²) in [6.45, 7) is 0. The van der Waals surface area contributed by atoms with E-state index < -0.39 is 23.5 Å². The molecule has 0 fully saturated rings. The molecule has 0 bridgehead atoms. The van der Waals surface area contributed by atoms with E-state index in [1.54, 1.807) is 17.7 Å². The summed E-state index contributed by atoms with van der Waals surface area (Å²) in [5, 5.41) is 5.18. The van der Waals surface area contributed by atoms with Crippen molar-refractivity contribution in [1.29, 1.82) is 0 Å². The summed E-state index contributed by atoms with van der Waals surface area (Å²) >= 11 is 1.65. The Morgan fingerprint density at radius 3 is 1.95 bits per heavy atom. The number of fused-ring (bicyclic) bond motifs is 1. The van der Waals surface area contributed by atoms with Gasteiger partial charge in [0.25, 0.3) is 0 Å². The van der Waals surface area contributed by atoms with Crippen LogP contribution in [-0.4, -0.2) is 34.4 Å². The summed E-state index contributed by atoms with van der Waals surface area (Å²) in [7, 11) is -16.2. The van der Waals surface area contributed by atoms with Crippen molar-refractivity contribution in [1.82, 2.24) is 9.97 Å². The molecule has 5 N–H and O–H groups in total. The van der Waals surface area contributed by atoms with Crippen LogP contribution in [0.25, 0.3) is 10.9 Å². The molecule has 16 heteroatoms. The van der Waals surface area contributed by atoms with Gasteiger partial charge in [0.2, 0.25) is 0 Å². The number of rotatable bonds is 4. The minimum Gasteiger partial charge on any atom is -0.302 e. The Labute approximate surface area is 126 Å². The van der Waals surface area contributed by atoms with E-state index in [9.17, 15) is 13.7 Å². The van der Waals surface area contributed by atoms with Gasteiger partial charge in [0, 0.05) is 22.3 Å². The molecular weight excluding hydrogens is 385 g/mol. The average Bonchev–Trinajstić information content (AvgIpc) is 2.70. The molecule has 2 rings (SSSR count). The van der Waals surface area contributed by atoms with Crippen LogP contribution >= 0.6 is 34.8 Å². The molecule has 0 radical (unpaired) electrons. The number of hydrogen-bond acceptors (Lipinski definition) is 8. The predicted octanol–water partition coefficient (Wildman–Crippen LogP) is 0.997. The van der Waals surface area contributed by atoms with Gasteiger partial charge in [-0.25, -0.2) is 23.7 Å². The van der Waals surface area contributed by atoms with E-state index in [4.69, 9.17) is 24.5 Å². The van der Waals surface area contributed by atoms with Gasteiger partial charge in [-0.3, -0.25) is 0 Å². The molecule has 0 atom stereocenters. The lowest BCUT2D eigenvalue weighted by molar-refractivity contribution is 0.204. The van der Waals surface area contributed by atoms with Crippen LogP contribution < -0.4 is 0 Å². The molecule has 0 aliphatic heterocycles. The number of nitrogens with zero attached hydrogens (tertiary/aromatic N) is 2. The van der Waals surface area contributed by atoms with Gasteiger partial charge in [-0.05, 0) is 0 Å². The van der Waals surface area contributed by atoms with Crippen LogP contribution in [0.5, 0.6) is 0 Å². The van der Waals surface area contributed by atoms with Crippen molar-refractivity contribution >= 4 is 45.7 Å². The lowest BCUT2D eigenvalue weighted by atomic mass is 10.4. The van der Waals surface area contributed by atoms with Crippen LogP contribution in [-0.2, 0) is 22.3 Å². The van der Waals surface area contributed by atoms with Crippen molar-refractivity contribution in [3.63, 3.8) is 0 Å². The van der Waals surface area contributed by atoms with Gasteiger partial charge >= 0.3 is 23.5 Å². The Kier molecular flexibility index (Phi) is 6.51. The highest BCUT2D eigenvalue weighted by molar-refractivity contribution is 7.66.